The van der Waals surface area contributed by atoms with E-state index in [-0.39, 0.29) is 5.91 Å². The maximum absolute atomic E-state index is 11.9. The number of hydrogen-bond donors (Lipinski definition) is 1. The van der Waals surface area contributed by atoms with Crippen molar-refractivity contribution in [1.82, 2.24) is 5.32 Å². The van der Waals surface area contributed by atoms with Gasteiger partial charge >= 0.3 is 5.97 Å². The minimum atomic E-state index is -0.872. The van der Waals surface area contributed by atoms with Crippen LogP contribution < -0.4 is 5.32 Å². The summed E-state index contributed by atoms with van der Waals surface area (Å²) in [5.41, 5.74) is 1.31. The Balaban J connectivity index is 1.80. The fourth-order valence-corrected chi connectivity index (χ4v) is 2.48. The molecule has 5 nitrogen and oxygen atoms in total. The Kier molecular flexibility index (Phi) is 6.29. The number of nitriles is 1. The van der Waals surface area contributed by atoms with Crippen molar-refractivity contribution in [1.29, 1.82) is 5.26 Å². The summed E-state index contributed by atoms with van der Waals surface area (Å²) in [6.45, 7) is 1.94. The molecule has 1 amide bonds. The Morgan fingerprint density at radius 2 is 2.08 bits per heavy atom. The number of hydrogen-bond acceptors (Lipinski definition) is 5. The number of carbonyl (C=O) groups excluding carboxylic acids is 2. The monoisotopic (exact) mass is 340 g/mol. The van der Waals surface area contributed by atoms with E-state index in [1.54, 1.807) is 41.7 Å². The van der Waals surface area contributed by atoms with E-state index in [4.69, 9.17) is 10.00 Å². The Labute approximate surface area is 144 Å². The first kappa shape index (κ1) is 17.4. The van der Waals surface area contributed by atoms with Gasteiger partial charge in [-0.1, -0.05) is 18.2 Å². The molecule has 1 N–H and O–H groups in total. The van der Waals surface area contributed by atoms with Gasteiger partial charge in [-0.2, -0.15) is 5.26 Å². The van der Waals surface area contributed by atoms with Gasteiger partial charge in [0.15, 0.2) is 6.10 Å². The van der Waals surface area contributed by atoms with Crippen LogP contribution in [0.15, 0.2) is 47.9 Å². The highest BCUT2D eigenvalue weighted by atomic mass is 32.1. The molecule has 24 heavy (non-hydrogen) atoms. The standard InChI is InChI=1S/C18H16N2O3S/c1-13(18(22)20-12-16-3-2-10-24-16)23-17(21)9-8-14-4-6-15(11-19)7-5-14/h2-10,13H,12H2,1H3,(H,20,22)/b9-8+/t13-/m1/s1. The van der Waals surface area contributed by atoms with Crippen LogP contribution in [-0.2, 0) is 20.9 Å². The number of thiophene rings is 1. The van der Waals surface area contributed by atoms with Crippen LogP contribution in [0.4, 0.5) is 0 Å². The Morgan fingerprint density at radius 1 is 1.33 bits per heavy atom. The molecule has 1 aromatic carbocycles. The average molecular weight is 340 g/mol. The third kappa shape index (κ3) is 5.38. The third-order valence-corrected chi connectivity index (χ3v) is 4.01. The molecule has 2 aromatic rings. The van der Waals surface area contributed by atoms with Gasteiger partial charge in [0.1, 0.15) is 0 Å². The number of ether oxygens (including phenoxy) is 1. The predicted molar refractivity (Wildman–Crippen MR) is 91.9 cm³/mol. The molecule has 0 fully saturated rings. The lowest BCUT2D eigenvalue weighted by Crippen LogP contribution is -2.34. The second-order valence-corrected chi connectivity index (χ2v) is 5.98. The number of nitrogens with one attached hydrogen (secondary N) is 1. The van der Waals surface area contributed by atoms with Crippen LogP contribution in [0.2, 0.25) is 0 Å². The van der Waals surface area contributed by atoms with Crippen molar-refractivity contribution >= 4 is 29.3 Å². The van der Waals surface area contributed by atoms with Crippen LogP contribution in [0.25, 0.3) is 6.08 Å². The fourth-order valence-electron chi connectivity index (χ4n) is 1.83. The van der Waals surface area contributed by atoms with E-state index < -0.39 is 12.1 Å². The normalized spacial score (nSPS) is 11.7. The number of rotatable bonds is 6. The van der Waals surface area contributed by atoms with Gasteiger partial charge in [-0.15, -0.1) is 11.3 Å². The molecule has 0 aliphatic heterocycles. The molecule has 0 saturated heterocycles. The first-order valence-electron chi connectivity index (χ1n) is 7.27. The maximum atomic E-state index is 11.9. The smallest absolute Gasteiger partial charge is 0.331 e. The zero-order valence-electron chi connectivity index (χ0n) is 13.1. The molecule has 1 aromatic heterocycles. The van der Waals surface area contributed by atoms with Gasteiger partial charge in [0.2, 0.25) is 0 Å². The number of benzene rings is 1. The summed E-state index contributed by atoms with van der Waals surface area (Å²) >= 11 is 1.55. The fraction of sp³-hybridized carbons (Fsp3) is 0.167. The van der Waals surface area contributed by atoms with Crippen molar-refractivity contribution in [3.63, 3.8) is 0 Å². The van der Waals surface area contributed by atoms with Crippen molar-refractivity contribution in [2.45, 2.75) is 19.6 Å². The van der Waals surface area contributed by atoms with E-state index >= 15 is 0 Å². The first-order chi connectivity index (χ1) is 11.6. The van der Waals surface area contributed by atoms with E-state index in [0.29, 0.717) is 12.1 Å². The van der Waals surface area contributed by atoms with Crippen LogP contribution in [-0.4, -0.2) is 18.0 Å². The van der Waals surface area contributed by atoms with E-state index in [2.05, 4.69) is 5.32 Å². The van der Waals surface area contributed by atoms with Gasteiger partial charge in [0.05, 0.1) is 18.2 Å². The van der Waals surface area contributed by atoms with Crippen molar-refractivity contribution in [3.05, 3.63) is 63.9 Å². The molecule has 0 saturated carbocycles. The third-order valence-electron chi connectivity index (χ3n) is 3.13. The van der Waals surface area contributed by atoms with Gasteiger partial charge in [0.25, 0.3) is 5.91 Å². The highest BCUT2D eigenvalue weighted by molar-refractivity contribution is 7.09. The second kappa shape index (κ2) is 8.65. The molecule has 0 radical (unpaired) electrons. The van der Waals surface area contributed by atoms with E-state index in [9.17, 15) is 9.59 Å². The summed E-state index contributed by atoms with van der Waals surface area (Å²) in [5, 5.41) is 13.4. The van der Waals surface area contributed by atoms with Crippen molar-refractivity contribution < 1.29 is 14.3 Å². The minimum absolute atomic E-state index is 0.344. The van der Waals surface area contributed by atoms with Crippen LogP contribution >= 0.6 is 11.3 Å². The predicted octanol–water partition coefficient (Wildman–Crippen LogP) is 2.88. The lowest BCUT2D eigenvalue weighted by Gasteiger charge is -2.11. The zero-order chi connectivity index (χ0) is 17.4. The van der Waals surface area contributed by atoms with Gasteiger partial charge < -0.3 is 10.1 Å². The van der Waals surface area contributed by atoms with Gasteiger partial charge in [-0.25, -0.2) is 4.79 Å². The summed E-state index contributed by atoms with van der Waals surface area (Å²) in [4.78, 5) is 24.7. The summed E-state index contributed by atoms with van der Waals surface area (Å²) in [7, 11) is 0. The summed E-state index contributed by atoms with van der Waals surface area (Å²) in [6, 6.07) is 12.6. The molecule has 1 heterocycles. The van der Waals surface area contributed by atoms with Crippen molar-refractivity contribution in [2.75, 3.05) is 0 Å². The SMILES string of the molecule is C[C@@H](OC(=O)/C=C/c1ccc(C#N)cc1)C(=O)NCc1cccs1. The topological polar surface area (TPSA) is 79.2 Å². The van der Waals surface area contributed by atoms with Crippen LogP contribution in [0.5, 0.6) is 0 Å². The number of esters is 1. The molecule has 0 aliphatic carbocycles. The molecule has 0 aliphatic rings. The first-order valence-corrected chi connectivity index (χ1v) is 8.15. The Bertz CT molecular complexity index is 759. The van der Waals surface area contributed by atoms with E-state index in [1.807, 2.05) is 23.6 Å². The van der Waals surface area contributed by atoms with Gasteiger partial charge in [0, 0.05) is 11.0 Å². The van der Waals surface area contributed by atoms with Crippen LogP contribution in [0, 0.1) is 11.3 Å². The second-order valence-electron chi connectivity index (χ2n) is 4.94. The maximum Gasteiger partial charge on any atom is 0.331 e. The van der Waals surface area contributed by atoms with Crippen molar-refractivity contribution in [2.24, 2.45) is 0 Å². The molecule has 6 heteroatoms. The average Bonchev–Trinajstić information content (AvgIpc) is 3.11. The number of carbonyl (C=O) groups is 2. The lowest BCUT2D eigenvalue weighted by molar-refractivity contribution is -0.150. The molecule has 0 spiro atoms. The van der Waals surface area contributed by atoms with E-state index in [1.165, 1.54) is 13.0 Å². The number of amides is 1. The largest absolute Gasteiger partial charge is 0.449 e. The van der Waals surface area contributed by atoms with Crippen LogP contribution in [0.1, 0.15) is 22.9 Å². The summed E-state index contributed by atoms with van der Waals surface area (Å²) < 4.78 is 5.06. The molecular weight excluding hydrogens is 324 g/mol. The Morgan fingerprint density at radius 3 is 2.71 bits per heavy atom. The highest BCUT2D eigenvalue weighted by Crippen LogP contribution is 2.08. The lowest BCUT2D eigenvalue weighted by atomic mass is 10.1. The molecule has 0 bridgehead atoms. The van der Waals surface area contributed by atoms with Gasteiger partial charge in [-0.3, -0.25) is 4.79 Å². The van der Waals surface area contributed by atoms with Gasteiger partial charge in [-0.05, 0) is 42.1 Å². The zero-order valence-corrected chi connectivity index (χ0v) is 13.9. The molecule has 122 valence electrons. The summed E-state index contributed by atoms with van der Waals surface area (Å²) in [6.07, 6.45) is 1.95. The Hall–Kier alpha value is -2.91. The summed E-state index contributed by atoms with van der Waals surface area (Å²) in [5.74, 6) is -0.943. The molecule has 1 atom stereocenters. The highest BCUT2D eigenvalue weighted by Gasteiger charge is 2.16. The molecule has 2 rings (SSSR count). The van der Waals surface area contributed by atoms with Crippen molar-refractivity contribution in [3.8, 4) is 6.07 Å². The molecular formula is C18H16N2O3S. The quantitative estimate of drug-likeness (QED) is 0.648. The minimum Gasteiger partial charge on any atom is -0.449 e. The number of nitrogens with zero attached hydrogens (tertiary/aromatic N) is 1. The molecule has 0 unspecified atom stereocenters. The van der Waals surface area contributed by atoms with Crippen LogP contribution in [0.3, 0.4) is 0 Å². The van der Waals surface area contributed by atoms with E-state index in [0.717, 1.165) is 10.4 Å².